The molecule has 1 aliphatic heterocycles. The second-order valence-electron chi connectivity index (χ2n) is 6.25. The van der Waals surface area contributed by atoms with Crippen LogP contribution in [0.15, 0.2) is 48.9 Å². The Balaban J connectivity index is 1.46. The predicted octanol–water partition coefficient (Wildman–Crippen LogP) is 2.90. The maximum atomic E-state index is 12.5. The van der Waals surface area contributed by atoms with E-state index in [0.717, 1.165) is 31.6 Å². The summed E-state index contributed by atoms with van der Waals surface area (Å²) in [6, 6.07) is 9.18. The number of aromatic nitrogens is 4. The molecule has 0 bridgehead atoms. The predicted molar refractivity (Wildman–Crippen MR) is 99.9 cm³/mol. The first-order chi connectivity index (χ1) is 12.7. The minimum absolute atomic E-state index is 0.254. The number of anilines is 1. The van der Waals surface area contributed by atoms with Crippen LogP contribution in [0.4, 0.5) is 5.69 Å². The molecule has 0 saturated carbocycles. The lowest BCUT2D eigenvalue weighted by Gasteiger charge is -2.22. The zero-order valence-corrected chi connectivity index (χ0v) is 14.9. The van der Waals surface area contributed by atoms with Gasteiger partial charge in [0.1, 0.15) is 0 Å². The number of benzene rings is 1. The largest absolute Gasteiger partial charge is 0.321 e. The summed E-state index contributed by atoms with van der Waals surface area (Å²) in [6.45, 7) is 1.92. The lowest BCUT2D eigenvalue weighted by Crippen LogP contribution is -2.32. The first-order valence-electron chi connectivity index (χ1n) is 8.57. The molecule has 1 aromatic carbocycles. The van der Waals surface area contributed by atoms with Gasteiger partial charge in [-0.05, 0) is 49.7 Å². The van der Waals surface area contributed by atoms with Crippen LogP contribution in [0.2, 0.25) is 5.02 Å². The van der Waals surface area contributed by atoms with Crippen LogP contribution in [-0.4, -0.2) is 38.6 Å². The van der Waals surface area contributed by atoms with E-state index in [0.29, 0.717) is 22.4 Å². The summed E-state index contributed by atoms with van der Waals surface area (Å²) in [4.78, 5) is 12.5. The molecule has 2 aromatic heterocycles. The SMILES string of the molecule is O=C(Nc1ccc(-n2cccn2)c(Cl)c1)c1ccn(C2CCCNC2)n1. The lowest BCUT2D eigenvalue weighted by molar-refractivity contribution is 0.102. The lowest BCUT2D eigenvalue weighted by atomic mass is 10.1. The average molecular weight is 371 g/mol. The highest BCUT2D eigenvalue weighted by Crippen LogP contribution is 2.24. The summed E-state index contributed by atoms with van der Waals surface area (Å²) in [5, 5.41) is 15.3. The molecule has 26 heavy (non-hydrogen) atoms. The molecule has 2 N–H and O–H groups in total. The summed E-state index contributed by atoms with van der Waals surface area (Å²) in [7, 11) is 0. The van der Waals surface area contributed by atoms with Gasteiger partial charge in [0.05, 0.1) is 16.8 Å². The fourth-order valence-electron chi connectivity index (χ4n) is 3.10. The molecule has 7 nitrogen and oxygen atoms in total. The van der Waals surface area contributed by atoms with Crippen molar-refractivity contribution in [1.29, 1.82) is 0 Å². The van der Waals surface area contributed by atoms with Gasteiger partial charge >= 0.3 is 0 Å². The third-order valence-electron chi connectivity index (χ3n) is 4.44. The van der Waals surface area contributed by atoms with Gasteiger partial charge in [-0.1, -0.05) is 11.6 Å². The first-order valence-corrected chi connectivity index (χ1v) is 8.95. The van der Waals surface area contributed by atoms with Crippen LogP contribution in [0.1, 0.15) is 29.4 Å². The quantitative estimate of drug-likeness (QED) is 0.740. The number of hydrogen-bond donors (Lipinski definition) is 2. The molecule has 1 aliphatic rings. The summed E-state index contributed by atoms with van der Waals surface area (Å²) >= 11 is 6.32. The monoisotopic (exact) mass is 370 g/mol. The van der Waals surface area contributed by atoms with E-state index in [1.54, 1.807) is 29.1 Å². The Morgan fingerprint density at radius 3 is 2.96 bits per heavy atom. The standard InChI is InChI=1S/C18H19ClN6O/c19-15-11-13(4-5-17(15)25-9-2-8-21-25)22-18(26)16-6-10-24(23-16)14-3-1-7-20-12-14/h2,4-6,8-11,14,20H,1,3,7,12H2,(H,22,26). The number of halogens is 1. The highest BCUT2D eigenvalue weighted by Gasteiger charge is 2.18. The van der Waals surface area contributed by atoms with Crippen molar-refractivity contribution in [3.05, 3.63) is 59.6 Å². The van der Waals surface area contributed by atoms with Crippen LogP contribution in [0.5, 0.6) is 0 Å². The molecule has 1 fully saturated rings. The Hall–Kier alpha value is -2.64. The molecule has 0 radical (unpaired) electrons. The second-order valence-corrected chi connectivity index (χ2v) is 6.66. The molecule has 1 saturated heterocycles. The Kier molecular flexibility index (Phi) is 4.73. The number of carbonyl (C=O) groups is 1. The smallest absolute Gasteiger partial charge is 0.276 e. The molecule has 3 aromatic rings. The van der Waals surface area contributed by atoms with Crippen molar-refractivity contribution in [2.24, 2.45) is 0 Å². The zero-order chi connectivity index (χ0) is 17.9. The van der Waals surface area contributed by atoms with E-state index in [-0.39, 0.29) is 5.91 Å². The third-order valence-corrected chi connectivity index (χ3v) is 4.75. The van der Waals surface area contributed by atoms with E-state index in [4.69, 9.17) is 11.6 Å². The Morgan fingerprint density at radius 2 is 2.23 bits per heavy atom. The number of nitrogens with zero attached hydrogens (tertiary/aromatic N) is 4. The van der Waals surface area contributed by atoms with Crippen LogP contribution in [0.25, 0.3) is 5.69 Å². The minimum atomic E-state index is -0.254. The molecule has 0 spiro atoms. The third kappa shape index (κ3) is 3.49. The van der Waals surface area contributed by atoms with Gasteiger partial charge in [0.25, 0.3) is 5.91 Å². The van der Waals surface area contributed by atoms with Crippen molar-refractivity contribution in [1.82, 2.24) is 24.9 Å². The number of carbonyl (C=O) groups excluding carboxylic acids is 1. The van der Waals surface area contributed by atoms with Crippen molar-refractivity contribution < 1.29 is 4.79 Å². The molecule has 1 atom stereocenters. The Bertz CT molecular complexity index is 898. The minimum Gasteiger partial charge on any atom is -0.321 e. The summed E-state index contributed by atoms with van der Waals surface area (Å²) in [5.74, 6) is -0.254. The van der Waals surface area contributed by atoms with Crippen molar-refractivity contribution in [2.45, 2.75) is 18.9 Å². The van der Waals surface area contributed by atoms with Crippen molar-refractivity contribution in [3.63, 3.8) is 0 Å². The first kappa shape index (κ1) is 16.8. The van der Waals surface area contributed by atoms with Gasteiger partial charge in [0, 0.05) is 30.8 Å². The summed E-state index contributed by atoms with van der Waals surface area (Å²) < 4.78 is 3.54. The normalized spacial score (nSPS) is 17.2. The Morgan fingerprint density at radius 1 is 1.31 bits per heavy atom. The highest BCUT2D eigenvalue weighted by atomic mass is 35.5. The fraction of sp³-hybridized carbons (Fsp3) is 0.278. The topological polar surface area (TPSA) is 76.8 Å². The molecule has 8 heteroatoms. The van der Waals surface area contributed by atoms with E-state index in [2.05, 4.69) is 20.8 Å². The summed E-state index contributed by atoms with van der Waals surface area (Å²) in [5.41, 5.74) is 1.76. The van der Waals surface area contributed by atoms with Crippen LogP contribution < -0.4 is 10.6 Å². The molecule has 134 valence electrons. The van der Waals surface area contributed by atoms with E-state index in [9.17, 15) is 4.79 Å². The average Bonchev–Trinajstić information content (AvgIpc) is 3.35. The maximum Gasteiger partial charge on any atom is 0.276 e. The molecule has 0 aliphatic carbocycles. The molecular formula is C18H19ClN6O. The van der Waals surface area contributed by atoms with Gasteiger partial charge in [-0.3, -0.25) is 9.48 Å². The number of nitrogens with one attached hydrogen (secondary N) is 2. The van der Waals surface area contributed by atoms with Crippen molar-refractivity contribution >= 4 is 23.2 Å². The number of hydrogen-bond acceptors (Lipinski definition) is 4. The fourth-order valence-corrected chi connectivity index (χ4v) is 3.37. The van der Waals surface area contributed by atoms with E-state index >= 15 is 0 Å². The highest BCUT2D eigenvalue weighted by molar-refractivity contribution is 6.32. The molecule has 3 heterocycles. The van der Waals surface area contributed by atoms with Gasteiger partial charge in [-0.25, -0.2) is 4.68 Å². The van der Waals surface area contributed by atoms with Gasteiger partial charge in [0.2, 0.25) is 0 Å². The van der Waals surface area contributed by atoms with E-state index < -0.39 is 0 Å². The van der Waals surface area contributed by atoms with E-state index in [1.807, 2.05) is 29.2 Å². The molecule has 1 unspecified atom stereocenters. The number of piperidine rings is 1. The van der Waals surface area contributed by atoms with Gasteiger partial charge in [0.15, 0.2) is 5.69 Å². The zero-order valence-electron chi connectivity index (χ0n) is 14.1. The maximum absolute atomic E-state index is 12.5. The molecule has 4 rings (SSSR count). The number of amides is 1. The van der Waals surface area contributed by atoms with Crippen LogP contribution >= 0.6 is 11.6 Å². The van der Waals surface area contributed by atoms with E-state index in [1.165, 1.54) is 0 Å². The van der Waals surface area contributed by atoms with Gasteiger partial charge in [-0.15, -0.1) is 0 Å². The number of rotatable bonds is 4. The van der Waals surface area contributed by atoms with Gasteiger partial charge < -0.3 is 10.6 Å². The van der Waals surface area contributed by atoms with Gasteiger partial charge in [-0.2, -0.15) is 10.2 Å². The van der Waals surface area contributed by atoms with Crippen LogP contribution in [0, 0.1) is 0 Å². The second kappa shape index (κ2) is 7.31. The summed E-state index contributed by atoms with van der Waals surface area (Å²) in [6.07, 6.45) is 7.55. The Labute approximate surface area is 156 Å². The van der Waals surface area contributed by atoms with Crippen molar-refractivity contribution in [3.8, 4) is 5.69 Å². The molecular weight excluding hydrogens is 352 g/mol. The van der Waals surface area contributed by atoms with Crippen LogP contribution in [0.3, 0.4) is 0 Å². The van der Waals surface area contributed by atoms with Crippen molar-refractivity contribution in [2.75, 3.05) is 18.4 Å². The molecule has 1 amide bonds. The van der Waals surface area contributed by atoms with Crippen LogP contribution in [-0.2, 0) is 0 Å².